The molecule has 0 aliphatic carbocycles. The number of esters is 1. The van der Waals surface area contributed by atoms with Crippen LogP contribution in [-0.2, 0) is 4.74 Å². The normalized spacial score (nSPS) is 10.3. The third-order valence-corrected chi connectivity index (χ3v) is 2.22. The highest BCUT2D eigenvalue weighted by Gasteiger charge is 2.19. The molecule has 0 aliphatic rings. The van der Waals surface area contributed by atoms with Gasteiger partial charge in [-0.3, -0.25) is 5.10 Å². The van der Waals surface area contributed by atoms with E-state index in [4.69, 9.17) is 10.5 Å². The van der Waals surface area contributed by atoms with Crippen LogP contribution < -0.4 is 5.73 Å². The molecule has 2 aromatic heterocycles. The summed E-state index contributed by atoms with van der Waals surface area (Å²) in [4.78, 5) is 23.7. The zero-order valence-corrected chi connectivity index (χ0v) is 9.97. The van der Waals surface area contributed by atoms with Crippen molar-refractivity contribution in [2.24, 2.45) is 0 Å². The van der Waals surface area contributed by atoms with Crippen LogP contribution in [0.5, 0.6) is 0 Å². The Labute approximate surface area is 103 Å². The van der Waals surface area contributed by atoms with Crippen molar-refractivity contribution in [3.05, 3.63) is 17.6 Å². The number of hydrogen-bond donors (Lipinski definition) is 2. The Bertz CT molecular complexity index is 543. The molecule has 8 heteroatoms. The molecular formula is C10H12N6O2. The molecule has 0 unspecified atom stereocenters. The van der Waals surface area contributed by atoms with Crippen molar-refractivity contribution < 1.29 is 9.53 Å². The monoisotopic (exact) mass is 248 g/mol. The Morgan fingerprint density at radius 2 is 2.28 bits per heavy atom. The number of nitrogens with one attached hydrogen (secondary N) is 1. The molecule has 2 heterocycles. The van der Waals surface area contributed by atoms with Gasteiger partial charge >= 0.3 is 5.97 Å². The number of carbonyl (C=O) groups is 1. The lowest BCUT2D eigenvalue weighted by molar-refractivity contribution is 0.0526. The highest BCUT2D eigenvalue weighted by atomic mass is 16.5. The number of aromatic amines is 1. The van der Waals surface area contributed by atoms with Gasteiger partial charge in [0.1, 0.15) is 17.7 Å². The molecule has 0 fully saturated rings. The first-order valence-corrected chi connectivity index (χ1v) is 5.30. The predicted octanol–water partition coefficient (Wildman–Crippen LogP) is 0.329. The second-order valence-electron chi connectivity index (χ2n) is 3.45. The van der Waals surface area contributed by atoms with E-state index in [0.717, 1.165) is 0 Å². The Morgan fingerprint density at radius 3 is 2.83 bits per heavy atom. The topological polar surface area (TPSA) is 120 Å². The van der Waals surface area contributed by atoms with Gasteiger partial charge in [0.25, 0.3) is 0 Å². The number of aromatic nitrogens is 5. The van der Waals surface area contributed by atoms with Crippen LogP contribution in [-0.4, -0.2) is 37.7 Å². The molecule has 0 saturated carbocycles. The minimum Gasteiger partial charge on any atom is -0.462 e. The first kappa shape index (κ1) is 12.0. The third kappa shape index (κ3) is 2.12. The highest BCUT2D eigenvalue weighted by molar-refractivity contribution is 5.95. The third-order valence-electron chi connectivity index (χ3n) is 2.22. The van der Waals surface area contributed by atoms with E-state index in [2.05, 4.69) is 25.1 Å². The fraction of sp³-hybridized carbons (Fsp3) is 0.300. The molecule has 0 atom stereocenters. The number of rotatable bonds is 3. The van der Waals surface area contributed by atoms with Gasteiger partial charge in [0.05, 0.1) is 12.3 Å². The first-order chi connectivity index (χ1) is 8.63. The molecule has 0 aromatic carbocycles. The number of ether oxygens (including phenoxy) is 1. The summed E-state index contributed by atoms with van der Waals surface area (Å²) < 4.78 is 4.89. The maximum Gasteiger partial charge on any atom is 0.343 e. The van der Waals surface area contributed by atoms with E-state index in [-0.39, 0.29) is 23.8 Å². The van der Waals surface area contributed by atoms with E-state index in [1.165, 1.54) is 6.33 Å². The summed E-state index contributed by atoms with van der Waals surface area (Å²) in [7, 11) is 0. The largest absolute Gasteiger partial charge is 0.462 e. The van der Waals surface area contributed by atoms with E-state index in [9.17, 15) is 4.79 Å². The van der Waals surface area contributed by atoms with Crippen molar-refractivity contribution in [1.29, 1.82) is 0 Å². The Hall–Kier alpha value is -2.51. The predicted molar refractivity (Wildman–Crippen MR) is 62.5 cm³/mol. The molecule has 94 valence electrons. The zero-order valence-electron chi connectivity index (χ0n) is 9.97. The van der Waals surface area contributed by atoms with E-state index < -0.39 is 5.97 Å². The lowest BCUT2D eigenvalue weighted by atomic mass is 10.2. The lowest BCUT2D eigenvalue weighted by Gasteiger charge is -2.08. The number of H-pyrrole nitrogens is 1. The fourth-order valence-electron chi connectivity index (χ4n) is 1.47. The van der Waals surface area contributed by atoms with Gasteiger partial charge in [0.15, 0.2) is 11.6 Å². The number of carbonyl (C=O) groups excluding carboxylic acids is 1. The van der Waals surface area contributed by atoms with Crippen LogP contribution in [0.2, 0.25) is 0 Å². The Balaban J connectivity index is 2.44. The van der Waals surface area contributed by atoms with Gasteiger partial charge in [-0.1, -0.05) is 0 Å². The molecule has 0 bridgehead atoms. The van der Waals surface area contributed by atoms with Crippen molar-refractivity contribution in [1.82, 2.24) is 25.1 Å². The molecule has 0 spiro atoms. The summed E-state index contributed by atoms with van der Waals surface area (Å²) in [5, 5.41) is 6.32. The van der Waals surface area contributed by atoms with Gasteiger partial charge in [-0.2, -0.15) is 5.10 Å². The standard InChI is InChI=1S/C10H12N6O2/c1-3-18-10(17)6-5(2)14-9(15-7(6)11)8-12-4-13-16-8/h4H,3H2,1-2H3,(H2,11,14,15)(H,12,13,16). The zero-order chi connectivity index (χ0) is 13.1. The lowest BCUT2D eigenvalue weighted by Crippen LogP contribution is -2.13. The average Bonchev–Trinajstić information content (AvgIpc) is 2.81. The number of nitrogens with zero attached hydrogens (tertiary/aromatic N) is 4. The van der Waals surface area contributed by atoms with Crippen molar-refractivity contribution in [2.75, 3.05) is 12.3 Å². The molecule has 0 saturated heterocycles. The smallest absolute Gasteiger partial charge is 0.343 e. The minimum absolute atomic E-state index is 0.0624. The van der Waals surface area contributed by atoms with Gasteiger partial charge in [-0.05, 0) is 13.8 Å². The molecule has 3 N–H and O–H groups in total. The van der Waals surface area contributed by atoms with Crippen molar-refractivity contribution in [2.45, 2.75) is 13.8 Å². The van der Waals surface area contributed by atoms with E-state index >= 15 is 0 Å². The summed E-state index contributed by atoms with van der Waals surface area (Å²) in [5.74, 6) is 0.208. The number of nitrogen functional groups attached to an aromatic ring is 1. The quantitative estimate of drug-likeness (QED) is 0.751. The van der Waals surface area contributed by atoms with Crippen molar-refractivity contribution in [3.63, 3.8) is 0 Å². The Kier molecular flexibility index (Phi) is 3.18. The van der Waals surface area contributed by atoms with Crippen LogP contribution in [0.4, 0.5) is 5.82 Å². The van der Waals surface area contributed by atoms with Crippen LogP contribution in [0.15, 0.2) is 6.33 Å². The minimum atomic E-state index is -0.531. The number of hydrogen-bond acceptors (Lipinski definition) is 7. The molecule has 0 amide bonds. The maximum atomic E-state index is 11.7. The number of anilines is 1. The molecule has 2 aromatic rings. The van der Waals surface area contributed by atoms with Crippen LogP contribution in [0.25, 0.3) is 11.6 Å². The van der Waals surface area contributed by atoms with E-state index in [1.54, 1.807) is 13.8 Å². The molecule has 8 nitrogen and oxygen atoms in total. The van der Waals surface area contributed by atoms with E-state index in [0.29, 0.717) is 11.5 Å². The molecule has 0 aliphatic heterocycles. The molecule has 0 radical (unpaired) electrons. The summed E-state index contributed by atoms with van der Waals surface area (Å²) >= 11 is 0. The van der Waals surface area contributed by atoms with Gasteiger partial charge in [0, 0.05) is 0 Å². The summed E-state index contributed by atoms with van der Waals surface area (Å²) in [6.45, 7) is 3.64. The number of nitrogens with two attached hydrogens (primary N) is 1. The van der Waals surface area contributed by atoms with Gasteiger partial charge in [-0.25, -0.2) is 19.7 Å². The number of aryl methyl sites for hydroxylation is 1. The summed E-state index contributed by atoms with van der Waals surface area (Å²) in [6, 6.07) is 0. The maximum absolute atomic E-state index is 11.7. The molecule has 2 rings (SSSR count). The fourth-order valence-corrected chi connectivity index (χ4v) is 1.47. The highest BCUT2D eigenvalue weighted by Crippen LogP contribution is 2.18. The second-order valence-corrected chi connectivity index (χ2v) is 3.45. The van der Waals surface area contributed by atoms with Crippen LogP contribution in [0, 0.1) is 6.92 Å². The second kappa shape index (κ2) is 4.78. The van der Waals surface area contributed by atoms with Crippen LogP contribution in [0.1, 0.15) is 23.0 Å². The first-order valence-electron chi connectivity index (χ1n) is 5.30. The van der Waals surface area contributed by atoms with Gasteiger partial charge in [-0.15, -0.1) is 0 Å². The van der Waals surface area contributed by atoms with Crippen LogP contribution >= 0.6 is 0 Å². The van der Waals surface area contributed by atoms with Gasteiger partial charge in [0.2, 0.25) is 0 Å². The van der Waals surface area contributed by atoms with Crippen LogP contribution in [0.3, 0.4) is 0 Å². The SMILES string of the molecule is CCOC(=O)c1c(C)nc(-c2ncn[nH]2)nc1N. The molecular weight excluding hydrogens is 236 g/mol. The van der Waals surface area contributed by atoms with Crippen molar-refractivity contribution >= 4 is 11.8 Å². The van der Waals surface area contributed by atoms with E-state index in [1.807, 2.05) is 0 Å². The average molecular weight is 248 g/mol. The summed E-state index contributed by atoms with van der Waals surface area (Å²) in [5.41, 5.74) is 6.36. The summed E-state index contributed by atoms with van der Waals surface area (Å²) in [6.07, 6.45) is 1.34. The van der Waals surface area contributed by atoms with Gasteiger partial charge < -0.3 is 10.5 Å². The van der Waals surface area contributed by atoms with Crippen molar-refractivity contribution in [3.8, 4) is 11.6 Å². The molecule has 18 heavy (non-hydrogen) atoms. The Morgan fingerprint density at radius 1 is 1.50 bits per heavy atom.